The van der Waals surface area contributed by atoms with Gasteiger partial charge in [-0.2, -0.15) is 8.42 Å². The fourth-order valence-electron chi connectivity index (χ4n) is 0.566. The SMILES string of the molecule is COCOCC(COO)S(=O)(=O)O. The largest absolute Gasteiger partial charge is 0.359 e. The van der Waals surface area contributed by atoms with E-state index in [1.54, 1.807) is 0 Å². The van der Waals surface area contributed by atoms with Gasteiger partial charge in [0.2, 0.25) is 0 Å². The number of hydrogen-bond donors (Lipinski definition) is 2. The van der Waals surface area contributed by atoms with Gasteiger partial charge in [0.15, 0.2) is 0 Å². The third-order valence-corrected chi connectivity index (χ3v) is 2.30. The predicted octanol–water partition coefficient (Wildman–Crippen LogP) is -0.647. The second kappa shape index (κ2) is 6.24. The Hall–Kier alpha value is -0.250. The van der Waals surface area contributed by atoms with Gasteiger partial charge in [-0.05, 0) is 0 Å². The lowest BCUT2D eigenvalue weighted by Gasteiger charge is -2.11. The van der Waals surface area contributed by atoms with Crippen molar-refractivity contribution in [2.45, 2.75) is 5.25 Å². The lowest BCUT2D eigenvalue weighted by atomic mass is 10.5. The first-order valence-electron chi connectivity index (χ1n) is 3.31. The minimum atomic E-state index is -4.27. The minimum absolute atomic E-state index is 0.0998. The van der Waals surface area contributed by atoms with E-state index in [1.807, 2.05) is 0 Å². The molecule has 0 aliphatic heterocycles. The summed E-state index contributed by atoms with van der Waals surface area (Å²) in [5.41, 5.74) is 0. The van der Waals surface area contributed by atoms with Gasteiger partial charge in [0.1, 0.15) is 18.6 Å². The molecule has 8 heteroatoms. The van der Waals surface area contributed by atoms with Gasteiger partial charge in [-0.3, -0.25) is 9.81 Å². The Labute approximate surface area is 75.9 Å². The maximum Gasteiger partial charge on any atom is 0.272 e. The Kier molecular flexibility index (Phi) is 6.12. The van der Waals surface area contributed by atoms with Crippen molar-refractivity contribution in [3.05, 3.63) is 0 Å². The van der Waals surface area contributed by atoms with Crippen molar-refractivity contribution in [3.8, 4) is 0 Å². The average Bonchev–Trinajstić information content (AvgIpc) is 2.01. The standard InChI is InChI=1S/C5H12O7S/c1-10-4-11-2-5(3-12-6)13(7,8)9/h5-6H,2-4H2,1H3,(H,7,8,9). The van der Waals surface area contributed by atoms with Crippen molar-refractivity contribution in [2.75, 3.05) is 27.1 Å². The summed E-state index contributed by atoms with van der Waals surface area (Å²) in [5.74, 6) is 0. The minimum Gasteiger partial charge on any atom is -0.359 e. The van der Waals surface area contributed by atoms with Crippen molar-refractivity contribution in [2.24, 2.45) is 0 Å². The van der Waals surface area contributed by atoms with Crippen LogP contribution < -0.4 is 0 Å². The molecule has 13 heavy (non-hydrogen) atoms. The fraction of sp³-hybridized carbons (Fsp3) is 1.00. The highest BCUT2D eigenvalue weighted by Gasteiger charge is 2.23. The van der Waals surface area contributed by atoms with Gasteiger partial charge < -0.3 is 9.47 Å². The smallest absolute Gasteiger partial charge is 0.272 e. The highest BCUT2D eigenvalue weighted by molar-refractivity contribution is 7.86. The molecule has 0 bridgehead atoms. The molecule has 0 rings (SSSR count). The van der Waals surface area contributed by atoms with Crippen LogP contribution in [-0.4, -0.2) is 50.6 Å². The second-order valence-corrected chi connectivity index (χ2v) is 3.91. The summed E-state index contributed by atoms with van der Waals surface area (Å²) in [6.07, 6.45) is 0. The summed E-state index contributed by atoms with van der Waals surface area (Å²) in [5, 5.41) is 6.68. The van der Waals surface area contributed by atoms with E-state index in [0.717, 1.165) is 0 Å². The summed E-state index contributed by atoms with van der Waals surface area (Å²) in [6, 6.07) is 0. The van der Waals surface area contributed by atoms with Crippen molar-refractivity contribution < 1.29 is 32.6 Å². The normalized spacial score (nSPS) is 14.4. The van der Waals surface area contributed by atoms with Crippen molar-refractivity contribution >= 4 is 10.1 Å². The Bertz CT molecular complexity index is 211. The summed E-state index contributed by atoms with van der Waals surface area (Å²) >= 11 is 0. The zero-order chi connectivity index (χ0) is 10.3. The maximum absolute atomic E-state index is 10.6. The molecule has 1 atom stereocenters. The Balaban J connectivity index is 3.96. The molecule has 0 spiro atoms. The van der Waals surface area contributed by atoms with E-state index in [9.17, 15) is 8.42 Å². The molecular formula is C5H12O7S. The first-order valence-corrected chi connectivity index (χ1v) is 4.82. The molecule has 80 valence electrons. The molecular weight excluding hydrogens is 204 g/mol. The molecule has 7 nitrogen and oxygen atoms in total. The number of hydrogen-bond acceptors (Lipinski definition) is 6. The zero-order valence-corrected chi connectivity index (χ0v) is 7.86. The van der Waals surface area contributed by atoms with Crippen LogP contribution in [0.3, 0.4) is 0 Å². The maximum atomic E-state index is 10.6. The van der Waals surface area contributed by atoms with Gasteiger partial charge in [-0.25, -0.2) is 4.89 Å². The van der Waals surface area contributed by atoms with E-state index in [-0.39, 0.29) is 13.4 Å². The molecule has 0 amide bonds. The quantitative estimate of drug-likeness (QED) is 0.192. The number of rotatable bonds is 7. The van der Waals surface area contributed by atoms with Gasteiger partial charge in [-0.15, -0.1) is 0 Å². The van der Waals surface area contributed by atoms with Crippen molar-refractivity contribution in [1.82, 2.24) is 0 Å². The van der Waals surface area contributed by atoms with Crippen LogP contribution in [-0.2, 0) is 24.5 Å². The summed E-state index contributed by atoms with van der Waals surface area (Å²) in [7, 11) is -2.91. The second-order valence-electron chi connectivity index (χ2n) is 2.21. The third-order valence-electron chi connectivity index (χ3n) is 1.19. The molecule has 0 fully saturated rings. The highest BCUT2D eigenvalue weighted by atomic mass is 32.2. The van der Waals surface area contributed by atoms with Gasteiger partial charge in [0, 0.05) is 7.11 Å². The molecule has 0 aromatic rings. The molecule has 0 radical (unpaired) electrons. The van der Waals surface area contributed by atoms with Crippen LogP contribution in [0.4, 0.5) is 0 Å². The molecule has 0 aliphatic carbocycles. The summed E-state index contributed by atoms with van der Waals surface area (Å²) in [4.78, 5) is 3.60. The van der Waals surface area contributed by atoms with Crippen molar-refractivity contribution in [1.29, 1.82) is 0 Å². The van der Waals surface area contributed by atoms with E-state index in [2.05, 4.69) is 14.4 Å². The zero-order valence-electron chi connectivity index (χ0n) is 7.04. The van der Waals surface area contributed by atoms with Gasteiger partial charge in [0.25, 0.3) is 10.1 Å². The number of methoxy groups -OCH3 is 1. The predicted molar refractivity (Wildman–Crippen MR) is 41.7 cm³/mol. The Morgan fingerprint density at radius 2 is 2.00 bits per heavy atom. The fourth-order valence-corrected chi connectivity index (χ4v) is 1.07. The van der Waals surface area contributed by atoms with E-state index in [4.69, 9.17) is 9.81 Å². The van der Waals surface area contributed by atoms with Gasteiger partial charge in [-0.1, -0.05) is 0 Å². The Morgan fingerprint density at radius 1 is 1.38 bits per heavy atom. The lowest BCUT2D eigenvalue weighted by molar-refractivity contribution is -0.243. The van der Waals surface area contributed by atoms with Crippen LogP contribution in [0, 0.1) is 0 Å². The number of ether oxygens (including phenoxy) is 2. The van der Waals surface area contributed by atoms with Crippen LogP contribution >= 0.6 is 0 Å². The molecule has 0 saturated heterocycles. The van der Waals surface area contributed by atoms with Crippen LogP contribution in [0.2, 0.25) is 0 Å². The first-order chi connectivity index (χ1) is 6.02. The molecule has 1 unspecified atom stereocenters. The molecule has 0 heterocycles. The third kappa shape index (κ3) is 5.91. The highest BCUT2D eigenvalue weighted by Crippen LogP contribution is 2.00. The van der Waals surface area contributed by atoms with Gasteiger partial charge >= 0.3 is 0 Å². The monoisotopic (exact) mass is 216 g/mol. The molecule has 0 aromatic heterocycles. The first kappa shape index (κ1) is 12.8. The van der Waals surface area contributed by atoms with E-state index >= 15 is 0 Å². The topological polar surface area (TPSA) is 102 Å². The van der Waals surface area contributed by atoms with Crippen LogP contribution in [0.15, 0.2) is 0 Å². The van der Waals surface area contributed by atoms with Crippen LogP contribution in [0.25, 0.3) is 0 Å². The van der Waals surface area contributed by atoms with E-state index in [1.165, 1.54) is 7.11 Å². The molecule has 2 N–H and O–H groups in total. The lowest BCUT2D eigenvalue weighted by Crippen LogP contribution is -2.31. The molecule has 0 aliphatic rings. The van der Waals surface area contributed by atoms with Gasteiger partial charge in [0.05, 0.1) is 6.61 Å². The van der Waals surface area contributed by atoms with Crippen LogP contribution in [0.5, 0.6) is 0 Å². The summed E-state index contributed by atoms with van der Waals surface area (Å²) in [6.45, 7) is -0.965. The Morgan fingerprint density at radius 3 is 2.38 bits per heavy atom. The van der Waals surface area contributed by atoms with Crippen LogP contribution in [0.1, 0.15) is 0 Å². The average molecular weight is 216 g/mol. The molecule has 0 saturated carbocycles. The molecule has 0 aromatic carbocycles. The van der Waals surface area contributed by atoms with E-state index < -0.39 is 22.0 Å². The van der Waals surface area contributed by atoms with Crippen molar-refractivity contribution in [3.63, 3.8) is 0 Å². The summed E-state index contributed by atoms with van der Waals surface area (Å²) < 4.78 is 38.8. The van der Waals surface area contributed by atoms with E-state index in [0.29, 0.717) is 0 Å².